The van der Waals surface area contributed by atoms with Crippen molar-refractivity contribution < 1.29 is 19.4 Å². The van der Waals surface area contributed by atoms with Gasteiger partial charge in [-0.25, -0.2) is 9.59 Å². The number of fused-ring (bicyclic) bond motifs is 3. The largest absolute Gasteiger partial charge is 0.480 e. The van der Waals surface area contributed by atoms with Gasteiger partial charge in [-0.3, -0.25) is 0 Å². The highest BCUT2D eigenvalue weighted by atomic mass is 16.5. The van der Waals surface area contributed by atoms with Gasteiger partial charge in [-0.05, 0) is 42.0 Å². The van der Waals surface area contributed by atoms with Crippen molar-refractivity contribution in [2.45, 2.75) is 31.2 Å². The molecule has 0 spiro atoms. The van der Waals surface area contributed by atoms with Crippen LogP contribution < -0.4 is 5.32 Å². The van der Waals surface area contributed by atoms with Gasteiger partial charge in [0, 0.05) is 5.92 Å². The molecule has 0 radical (unpaired) electrons. The van der Waals surface area contributed by atoms with Gasteiger partial charge in [-0.15, -0.1) is 6.58 Å². The molecule has 0 fully saturated rings. The fourth-order valence-electron chi connectivity index (χ4n) is 3.47. The van der Waals surface area contributed by atoms with E-state index in [-0.39, 0.29) is 18.9 Å². The molecule has 0 saturated heterocycles. The standard InChI is InChI=1S/C22H23NO4/c1-3-4-13-22(2,20(24)25)23-21(26)27-14-19-17-11-7-5-9-15(17)16-10-6-8-12-18(16)19/h3,5-12,19H,1,4,13-14H2,2H3,(H,23,26)(H,24,25). The molecular weight excluding hydrogens is 342 g/mol. The van der Waals surface area contributed by atoms with Crippen LogP contribution in [0, 0.1) is 0 Å². The van der Waals surface area contributed by atoms with E-state index >= 15 is 0 Å². The summed E-state index contributed by atoms with van der Waals surface area (Å²) in [5, 5.41) is 11.9. The average molecular weight is 365 g/mol. The minimum atomic E-state index is -1.39. The maximum Gasteiger partial charge on any atom is 0.408 e. The molecule has 2 N–H and O–H groups in total. The van der Waals surface area contributed by atoms with Crippen LogP contribution in [0.1, 0.15) is 36.8 Å². The van der Waals surface area contributed by atoms with Gasteiger partial charge in [0.2, 0.25) is 0 Å². The SMILES string of the molecule is C=CCCC(C)(NC(=O)OCC1c2ccccc2-c2ccccc21)C(=O)O. The summed E-state index contributed by atoms with van der Waals surface area (Å²) in [6.07, 6.45) is 1.62. The quantitative estimate of drug-likeness (QED) is 0.716. The first-order valence-corrected chi connectivity index (χ1v) is 8.94. The number of carboxylic acids is 1. The molecule has 1 amide bonds. The second-order valence-corrected chi connectivity index (χ2v) is 6.92. The zero-order chi connectivity index (χ0) is 19.4. The summed E-state index contributed by atoms with van der Waals surface area (Å²) >= 11 is 0. The molecule has 3 rings (SSSR count). The highest BCUT2D eigenvalue weighted by Gasteiger charge is 2.35. The number of carboxylic acid groups (broad SMARTS) is 1. The van der Waals surface area contributed by atoms with Crippen molar-refractivity contribution in [2.24, 2.45) is 0 Å². The molecule has 2 aromatic carbocycles. The van der Waals surface area contributed by atoms with Crippen molar-refractivity contribution in [2.75, 3.05) is 6.61 Å². The van der Waals surface area contributed by atoms with Crippen LogP contribution in [0.25, 0.3) is 11.1 Å². The molecule has 5 heteroatoms. The van der Waals surface area contributed by atoms with Crippen LogP contribution in [-0.4, -0.2) is 29.3 Å². The fourth-order valence-corrected chi connectivity index (χ4v) is 3.47. The molecule has 0 bridgehead atoms. The van der Waals surface area contributed by atoms with Crippen LogP contribution in [0.5, 0.6) is 0 Å². The predicted octanol–water partition coefficient (Wildman–Crippen LogP) is 4.33. The van der Waals surface area contributed by atoms with E-state index in [0.717, 1.165) is 22.3 Å². The number of hydrogen-bond donors (Lipinski definition) is 2. The highest BCUT2D eigenvalue weighted by Crippen LogP contribution is 2.44. The summed E-state index contributed by atoms with van der Waals surface area (Å²) < 4.78 is 5.43. The molecule has 0 heterocycles. The maximum atomic E-state index is 12.3. The third-order valence-electron chi connectivity index (χ3n) is 5.04. The van der Waals surface area contributed by atoms with Crippen LogP contribution in [0.2, 0.25) is 0 Å². The molecule has 0 aliphatic heterocycles. The molecule has 140 valence electrons. The Kier molecular flexibility index (Phi) is 5.31. The van der Waals surface area contributed by atoms with E-state index in [1.54, 1.807) is 6.08 Å². The van der Waals surface area contributed by atoms with Crippen LogP contribution in [0.15, 0.2) is 61.2 Å². The number of nitrogens with one attached hydrogen (secondary N) is 1. The van der Waals surface area contributed by atoms with Crippen molar-refractivity contribution in [1.29, 1.82) is 0 Å². The Morgan fingerprint density at radius 2 is 1.70 bits per heavy atom. The Morgan fingerprint density at radius 3 is 2.22 bits per heavy atom. The van der Waals surface area contributed by atoms with E-state index in [4.69, 9.17) is 4.74 Å². The molecule has 0 aromatic heterocycles. The fraction of sp³-hybridized carbons (Fsp3) is 0.273. The number of amides is 1. The van der Waals surface area contributed by atoms with Crippen LogP contribution in [0.4, 0.5) is 4.79 Å². The minimum absolute atomic E-state index is 0.0626. The molecule has 2 aromatic rings. The number of aliphatic carboxylic acids is 1. The Bertz CT molecular complexity index is 831. The lowest BCUT2D eigenvalue weighted by Crippen LogP contribution is -2.52. The molecule has 1 atom stereocenters. The van der Waals surface area contributed by atoms with Gasteiger partial charge in [-0.1, -0.05) is 54.6 Å². The third-order valence-corrected chi connectivity index (χ3v) is 5.04. The first kappa shape index (κ1) is 18.7. The third kappa shape index (κ3) is 3.72. The van der Waals surface area contributed by atoms with E-state index in [1.807, 2.05) is 36.4 Å². The Hall–Kier alpha value is -3.08. The molecule has 0 saturated carbocycles. The first-order valence-electron chi connectivity index (χ1n) is 8.94. The second kappa shape index (κ2) is 7.66. The number of rotatable bonds is 7. The van der Waals surface area contributed by atoms with Gasteiger partial charge in [0.05, 0.1) is 0 Å². The van der Waals surface area contributed by atoms with Gasteiger partial charge in [0.1, 0.15) is 12.1 Å². The monoisotopic (exact) mass is 365 g/mol. The Balaban J connectivity index is 1.72. The summed E-state index contributed by atoms with van der Waals surface area (Å²) in [4.78, 5) is 23.8. The van der Waals surface area contributed by atoms with Gasteiger partial charge in [0.15, 0.2) is 0 Å². The van der Waals surface area contributed by atoms with E-state index in [0.29, 0.717) is 6.42 Å². The van der Waals surface area contributed by atoms with Crippen molar-refractivity contribution in [1.82, 2.24) is 5.32 Å². The topological polar surface area (TPSA) is 75.6 Å². The van der Waals surface area contributed by atoms with E-state index < -0.39 is 17.6 Å². The molecule has 1 aliphatic carbocycles. The van der Waals surface area contributed by atoms with Crippen LogP contribution in [-0.2, 0) is 9.53 Å². The van der Waals surface area contributed by atoms with Gasteiger partial charge < -0.3 is 15.2 Å². The molecule has 1 aliphatic rings. The van der Waals surface area contributed by atoms with Crippen LogP contribution >= 0.6 is 0 Å². The van der Waals surface area contributed by atoms with E-state index in [2.05, 4.69) is 24.0 Å². The summed E-state index contributed by atoms with van der Waals surface area (Å²) in [6, 6.07) is 16.1. The maximum absolute atomic E-state index is 12.3. The second-order valence-electron chi connectivity index (χ2n) is 6.92. The minimum Gasteiger partial charge on any atom is -0.480 e. The number of ether oxygens (including phenoxy) is 1. The van der Waals surface area contributed by atoms with Gasteiger partial charge in [-0.2, -0.15) is 0 Å². The van der Waals surface area contributed by atoms with Gasteiger partial charge in [0.25, 0.3) is 0 Å². The lowest BCUT2D eigenvalue weighted by atomic mass is 9.96. The first-order chi connectivity index (χ1) is 13.0. The normalized spacial score (nSPS) is 14.6. The number of benzene rings is 2. The molecule has 5 nitrogen and oxygen atoms in total. The summed E-state index contributed by atoms with van der Waals surface area (Å²) in [5.41, 5.74) is 3.11. The summed E-state index contributed by atoms with van der Waals surface area (Å²) in [6.45, 7) is 5.22. The zero-order valence-electron chi connectivity index (χ0n) is 15.3. The Morgan fingerprint density at radius 1 is 1.15 bits per heavy atom. The van der Waals surface area contributed by atoms with Gasteiger partial charge >= 0.3 is 12.1 Å². The van der Waals surface area contributed by atoms with E-state index in [1.165, 1.54) is 6.92 Å². The number of carbonyl (C=O) groups is 2. The highest BCUT2D eigenvalue weighted by molar-refractivity contribution is 5.84. The molecule has 1 unspecified atom stereocenters. The zero-order valence-corrected chi connectivity index (χ0v) is 15.3. The van der Waals surface area contributed by atoms with Crippen molar-refractivity contribution in [3.05, 3.63) is 72.3 Å². The lowest BCUT2D eigenvalue weighted by Gasteiger charge is -2.25. The van der Waals surface area contributed by atoms with Crippen molar-refractivity contribution in [3.8, 4) is 11.1 Å². The van der Waals surface area contributed by atoms with Crippen molar-refractivity contribution in [3.63, 3.8) is 0 Å². The number of alkyl carbamates (subject to hydrolysis) is 1. The predicted molar refractivity (Wildman–Crippen MR) is 104 cm³/mol. The number of hydrogen-bond acceptors (Lipinski definition) is 3. The lowest BCUT2D eigenvalue weighted by molar-refractivity contribution is -0.144. The molecule has 27 heavy (non-hydrogen) atoms. The van der Waals surface area contributed by atoms with E-state index in [9.17, 15) is 14.7 Å². The average Bonchev–Trinajstić information content (AvgIpc) is 2.98. The Labute approximate surface area is 158 Å². The smallest absolute Gasteiger partial charge is 0.408 e. The summed E-state index contributed by atoms with van der Waals surface area (Å²) in [7, 11) is 0. The summed E-state index contributed by atoms with van der Waals surface area (Å²) in [5.74, 6) is -1.16. The number of carbonyl (C=O) groups excluding carboxylic acids is 1. The van der Waals surface area contributed by atoms with Crippen molar-refractivity contribution >= 4 is 12.1 Å². The van der Waals surface area contributed by atoms with Crippen LogP contribution in [0.3, 0.4) is 0 Å². The molecular formula is C22H23NO4. The number of allylic oxidation sites excluding steroid dienone is 1.